The Labute approximate surface area is 151 Å². The molecule has 2 aromatic carbocycles. The molecule has 0 unspecified atom stereocenters. The molecule has 0 saturated carbocycles. The van der Waals surface area contributed by atoms with E-state index in [2.05, 4.69) is 16.2 Å². The Hall–Kier alpha value is -2.93. The Morgan fingerprint density at radius 3 is 2.08 bits per heavy atom. The molecule has 0 aromatic heterocycles. The minimum atomic E-state index is -0.424. The molecule has 0 fully saturated rings. The topological polar surface area (TPSA) is 79.5 Å². The third-order valence-corrected chi connectivity index (χ3v) is 3.45. The van der Waals surface area contributed by atoms with Crippen molar-refractivity contribution < 1.29 is 14.3 Å². The molecule has 0 atom stereocenters. The number of hydrogen-bond donors (Lipinski definition) is 3. The van der Waals surface area contributed by atoms with E-state index in [-0.39, 0.29) is 17.6 Å². The molecular formula is C18H19N3O3S. The van der Waals surface area contributed by atoms with Gasteiger partial charge < -0.3 is 4.74 Å². The maximum atomic E-state index is 12.0. The van der Waals surface area contributed by atoms with Crippen LogP contribution in [0.1, 0.15) is 21.5 Å². The van der Waals surface area contributed by atoms with Gasteiger partial charge in [-0.2, -0.15) is 0 Å². The van der Waals surface area contributed by atoms with Crippen LogP contribution in [0.2, 0.25) is 0 Å². The van der Waals surface area contributed by atoms with Crippen molar-refractivity contribution in [1.29, 1.82) is 0 Å². The molecule has 2 rings (SSSR count). The van der Waals surface area contributed by atoms with Gasteiger partial charge in [-0.3, -0.25) is 25.8 Å². The quantitative estimate of drug-likeness (QED) is 0.576. The van der Waals surface area contributed by atoms with E-state index in [0.29, 0.717) is 11.3 Å². The Bertz CT molecular complexity index is 758. The number of hydrazine groups is 1. The molecule has 6 nitrogen and oxygen atoms in total. The van der Waals surface area contributed by atoms with Crippen LogP contribution in [0.25, 0.3) is 0 Å². The van der Waals surface area contributed by atoms with E-state index >= 15 is 0 Å². The Morgan fingerprint density at radius 1 is 0.920 bits per heavy atom. The lowest BCUT2D eigenvalue weighted by atomic mass is 10.1. The summed E-state index contributed by atoms with van der Waals surface area (Å²) in [5, 5.41) is 2.47. The molecule has 2 amide bonds. The molecule has 0 aliphatic rings. The Kier molecular flexibility index (Phi) is 6.47. The molecule has 3 N–H and O–H groups in total. The number of ether oxygens (including phenoxy) is 1. The molecule has 0 heterocycles. The number of rotatable bonds is 4. The van der Waals surface area contributed by atoms with Gasteiger partial charge in [-0.25, -0.2) is 0 Å². The summed E-state index contributed by atoms with van der Waals surface area (Å²) in [5.74, 6) is -0.189. The van der Waals surface area contributed by atoms with Crippen LogP contribution in [0.4, 0.5) is 0 Å². The van der Waals surface area contributed by atoms with Gasteiger partial charge in [0.15, 0.2) is 11.7 Å². The second kappa shape index (κ2) is 8.79. The lowest BCUT2D eigenvalue weighted by Gasteiger charge is -2.11. The molecule has 130 valence electrons. The van der Waals surface area contributed by atoms with E-state index in [9.17, 15) is 9.59 Å². The van der Waals surface area contributed by atoms with E-state index in [4.69, 9.17) is 17.0 Å². The van der Waals surface area contributed by atoms with Crippen LogP contribution in [-0.4, -0.2) is 23.5 Å². The third-order valence-electron chi connectivity index (χ3n) is 3.25. The number of amides is 2. The van der Waals surface area contributed by atoms with Gasteiger partial charge in [0, 0.05) is 5.56 Å². The van der Waals surface area contributed by atoms with Crippen molar-refractivity contribution in [3.05, 3.63) is 65.2 Å². The van der Waals surface area contributed by atoms with Crippen LogP contribution in [0.5, 0.6) is 5.75 Å². The number of aryl methyl sites for hydroxylation is 2. The van der Waals surface area contributed by atoms with Crippen LogP contribution in [-0.2, 0) is 4.79 Å². The molecule has 0 radical (unpaired) electrons. The standard InChI is InChI=1S/C18H19N3O3S/c1-12-3-7-14(8-4-12)17(23)19-18(25)21-20-16(22)11-24-15-9-5-13(2)6-10-15/h3-10H,11H2,1-2H3,(H,20,22)(H2,19,21,23,25). The second-order valence-corrected chi connectivity index (χ2v) is 5.83. The van der Waals surface area contributed by atoms with Crippen LogP contribution in [0.3, 0.4) is 0 Å². The number of thiocarbonyl (C=S) groups is 1. The predicted molar refractivity (Wildman–Crippen MR) is 99.2 cm³/mol. The van der Waals surface area contributed by atoms with Crippen molar-refractivity contribution >= 4 is 29.1 Å². The summed E-state index contributed by atoms with van der Waals surface area (Å²) in [4.78, 5) is 23.7. The fraction of sp³-hybridized carbons (Fsp3) is 0.167. The average Bonchev–Trinajstić information content (AvgIpc) is 2.60. The molecular weight excluding hydrogens is 338 g/mol. The SMILES string of the molecule is Cc1ccc(OCC(=O)NNC(=S)NC(=O)c2ccc(C)cc2)cc1. The highest BCUT2D eigenvalue weighted by Crippen LogP contribution is 2.10. The zero-order valence-electron chi connectivity index (χ0n) is 14.0. The second-order valence-electron chi connectivity index (χ2n) is 5.42. The fourth-order valence-electron chi connectivity index (χ4n) is 1.86. The summed E-state index contributed by atoms with van der Waals surface area (Å²) < 4.78 is 5.33. The number of hydrogen-bond acceptors (Lipinski definition) is 4. The van der Waals surface area contributed by atoms with Gasteiger partial charge in [0.1, 0.15) is 5.75 Å². The molecule has 0 bridgehead atoms. The Balaban J connectivity index is 1.71. The van der Waals surface area contributed by atoms with Crippen LogP contribution < -0.4 is 20.9 Å². The van der Waals surface area contributed by atoms with Crippen molar-refractivity contribution in [2.45, 2.75) is 13.8 Å². The number of carbonyl (C=O) groups excluding carboxylic acids is 2. The maximum absolute atomic E-state index is 12.0. The smallest absolute Gasteiger partial charge is 0.276 e. The molecule has 7 heteroatoms. The van der Waals surface area contributed by atoms with E-state index < -0.39 is 5.91 Å². The highest BCUT2D eigenvalue weighted by Gasteiger charge is 2.08. The van der Waals surface area contributed by atoms with Crippen molar-refractivity contribution in [3.8, 4) is 5.75 Å². The number of benzene rings is 2. The maximum Gasteiger partial charge on any atom is 0.276 e. The molecule has 0 saturated heterocycles. The van der Waals surface area contributed by atoms with Gasteiger partial charge in [-0.05, 0) is 50.3 Å². The van der Waals surface area contributed by atoms with Crippen molar-refractivity contribution in [2.75, 3.05) is 6.61 Å². The fourth-order valence-corrected chi connectivity index (χ4v) is 2.00. The summed E-state index contributed by atoms with van der Waals surface area (Å²) in [6.45, 7) is 3.72. The van der Waals surface area contributed by atoms with E-state index in [1.807, 2.05) is 38.1 Å². The molecule has 25 heavy (non-hydrogen) atoms. The molecule has 0 aliphatic heterocycles. The first-order valence-electron chi connectivity index (χ1n) is 7.60. The molecule has 0 spiro atoms. The predicted octanol–water partition coefficient (Wildman–Crippen LogP) is 2.02. The molecule has 0 aliphatic carbocycles. The Morgan fingerprint density at radius 2 is 1.48 bits per heavy atom. The zero-order chi connectivity index (χ0) is 18.2. The summed E-state index contributed by atoms with van der Waals surface area (Å²) >= 11 is 4.97. The first-order valence-corrected chi connectivity index (χ1v) is 8.01. The van der Waals surface area contributed by atoms with Gasteiger partial charge in [0.25, 0.3) is 11.8 Å². The summed E-state index contributed by atoms with van der Waals surface area (Å²) in [5.41, 5.74) is 7.45. The third kappa shape index (κ3) is 6.23. The lowest BCUT2D eigenvalue weighted by molar-refractivity contribution is -0.123. The van der Waals surface area contributed by atoms with Gasteiger partial charge in [0.05, 0.1) is 0 Å². The summed E-state index contributed by atoms with van der Waals surface area (Å²) in [7, 11) is 0. The van der Waals surface area contributed by atoms with Crippen molar-refractivity contribution in [3.63, 3.8) is 0 Å². The highest BCUT2D eigenvalue weighted by molar-refractivity contribution is 7.80. The monoisotopic (exact) mass is 357 g/mol. The first kappa shape index (κ1) is 18.4. The van der Waals surface area contributed by atoms with E-state index in [1.165, 1.54) is 0 Å². The van der Waals surface area contributed by atoms with Gasteiger partial charge in [-0.15, -0.1) is 0 Å². The summed E-state index contributed by atoms with van der Waals surface area (Å²) in [6, 6.07) is 14.4. The number of nitrogens with one attached hydrogen (secondary N) is 3. The number of carbonyl (C=O) groups is 2. The minimum Gasteiger partial charge on any atom is -0.484 e. The van der Waals surface area contributed by atoms with Crippen LogP contribution >= 0.6 is 12.2 Å². The van der Waals surface area contributed by atoms with E-state index in [0.717, 1.165) is 11.1 Å². The van der Waals surface area contributed by atoms with Crippen LogP contribution in [0, 0.1) is 13.8 Å². The molecule has 2 aromatic rings. The average molecular weight is 357 g/mol. The first-order chi connectivity index (χ1) is 11.9. The van der Waals surface area contributed by atoms with Gasteiger partial charge >= 0.3 is 0 Å². The van der Waals surface area contributed by atoms with Gasteiger partial charge in [-0.1, -0.05) is 35.4 Å². The summed E-state index contributed by atoms with van der Waals surface area (Å²) in [6.07, 6.45) is 0. The highest BCUT2D eigenvalue weighted by atomic mass is 32.1. The van der Waals surface area contributed by atoms with E-state index in [1.54, 1.807) is 24.3 Å². The van der Waals surface area contributed by atoms with Crippen LogP contribution in [0.15, 0.2) is 48.5 Å². The zero-order valence-corrected chi connectivity index (χ0v) is 14.8. The normalized spacial score (nSPS) is 9.84. The van der Waals surface area contributed by atoms with Gasteiger partial charge in [0.2, 0.25) is 0 Å². The largest absolute Gasteiger partial charge is 0.484 e. The van der Waals surface area contributed by atoms with Crippen molar-refractivity contribution in [1.82, 2.24) is 16.2 Å². The van der Waals surface area contributed by atoms with Crippen molar-refractivity contribution in [2.24, 2.45) is 0 Å². The minimum absolute atomic E-state index is 0.00531. The lowest BCUT2D eigenvalue weighted by Crippen LogP contribution is -2.49.